The van der Waals surface area contributed by atoms with Crippen molar-refractivity contribution in [3.63, 3.8) is 0 Å². The lowest BCUT2D eigenvalue weighted by Crippen LogP contribution is -2.53. The van der Waals surface area contributed by atoms with E-state index in [1.54, 1.807) is 6.07 Å². The Bertz CT molecular complexity index is 859. The van der Waals surface area contributed by atoms with Crippen LogP contribution in [0.4, 0.5) is 10.1 Å². The van der Waals surface area contributed by atoms with Crippen LogP contribution in [0, 0.1) is 12.7 Å². The van der Waals surface area contributed by atoms with E-state index in [4.69, 9.17) is 4.74 Å². The summed E-state index contributed by atoms with van der Waals surface area (Å²) >= 11 is 0. The van der Waals surface area contributed by atoms with E-state index in [1.165, 1.54) is 18.7 Å². The first-order valence-electron chi connectivity index (χ1n) is 10.8. The molecule has 0 bridgehead atoms. The molecule has 1 aliphatic heterocycles. The summed E-state index contributed by atoms with van der Waals surface area (Å²) in [5.74, 6) is -0.902. The van der Waals surface area contributed by atoms with Gasteiger partial charge in [0.2, 0.25) is 0 Å². The molecule has 0 spiro atoms. The molecular weight excluding hydrogens is 379 g/mol. The van der Waals surface area contributed by atoms with E-state index in [0.717, 1.165) is 37.2 Å². The second-order valence-corrected chi connectivity index (χ2v) is 8.36. The number of hydrogen-bond donors (Lipinski definition) is 0. The van der Waals surface area contributed by atoms with Gasteiger partial charge in [0.05, 0.1) is 12.7 Å². The van der Waals surface area contributed by atoms with Crippen LogP contribution in [0.2, 0.25) is 0 Å². The van der Waals surface area contributed by atoms with Gasteiger partial charge in [-0.25, -0.2) is 9.18 Å². The number of rotatable bonds is 6. The van der Waals surface area contributed by atoms with Crippen LogP contribution < -0.4 is 4.90 Å². The Kier molecular flexibility index (Phi) is 7.14. The molecule has 1 heterocycles. The number of esters is 1. The fourth-order valence-corrected chi connectivity index (χ4v) is 4.86. The highest BCUT2D eigenvalue weighted by Crippen LogP contribution is 2.34. The number of benzene rings is 2. The van der Waals surface area contributed by atoms with Crippen LogP contribution in [0.5, 0.6) is 0 Å². The standard InChI is InChI=1S/C25H33FN2O2/c1-6-27(24-15-21(26)14-23(19(24)4)25(29)30-5)22-12-17(2)28(18(3)13-22)16-20-10-8-7-9-11-20/h7-11,14-15,17-18,22H,6,12-13,16H2,1-5H3/t17-,18+,22-. The minimum Gasteiger partial charge on any atom is -0.465 e. The maximum atomic E-state index is 14.4. The number of nitrogens with zero attached hydrogens (tertiary/aromatic N) is 2. The van der Waals surface area contributed by atoms with Gasteiger partial charge in [0.25, 0.3) is 0 Å². The largest absolute Gasteiger partial charge is 0.465 e. The SMILES string of the molecule is CCN(c1cc(F)cc(C(=O)OC)c1C)[C@@H]1C[C@@H](C)N(Cc2ccccc2)[C@@H](C)C1. The third-order valence-corrected chi connectivity index (χ3v) is 6.41. The van der Waals surface area contributed by atoms with Gasteiger partial charge >= 0.3 is 5.97 Å². The van der Waals surface area contributed by atoms with Crippen molar-refractivity contribution in [1.82, 2.24) is 4.90 Å². The third kappa shape index (κ3) is 4.67. The van der Waals surface area contributed by atoms with Crippen LogP contribution in [-0.4, -0.2) is 42.6 Å². The van der Waals surface area contributed by atoms with Gasteiger partial charge in [0, 0.05) is 36.9 Å². The highest BCUT2D eigenvalue weighted by atomic mass is 19.1. The first-order valence-corrected chi connectivity index (χ1v) is 10.8. The van der Waals surface area contributed by atoms with E-state index in [1.807, 2.05) is 13.0 Å². The lowest BCUT2D eigenvalue weighted by atomic mass is 9.90. The Labute approximate surface area is 179 Å². The second-order valence-electron chi connectivity index (χ2n) is 8.36. The molecule has 2 aromatic rings. The number of halogens is 1. The average Bonchev–Trinajstić information content (AvgIpc) is 2.73. The number of likely N-dealkylation sites (tertiary alicyclic amines) is 1. The molecule has 0 aliphatic carbocycles. The van der Waals surface area contributed by atoms with Gasteiger partial charge < -0.3 is 9.64 Å². The predicted octanol–water partition coefficient (Wildman–Crippen LogP) is 5.19. The maximum Gasteiger partial charge on any atom is 0.338 e. The van der Waals surface area contributed by atoms with Gasteiger partial charge in [0.15, 0.2) is 0 Å². The van der Waals surface area contributed by atoms with Crippen molar-refractivity contribution in [1.29, 1.82) is 0 Å². The Morgan fingerprint density at radius 3 is 2.37 bits per heavy atom. The Balaban J connectivity index is 1.83. The molecule has 0 unspecified atom stereocenters. The number of carbonyl (C=O) groups excluding carboxylic acids is 1. The first-order chi connectivity index (χ1) is 14.3. The van der Waals surface area contributed by atoms with Crippen LogP contribution >= 0.6 is 0 Å². The number of hydrogen-bond acceptors (Lipinski definition) is 4. The van der Waals surface area contributed by atoms with Gasteiger partial charge in [-0.1, -0.05) is 30.3 Å². The van der Waals surface area contributed by atoms with Crippen molar-refractivity contribution in [3.05, 3.63) is 65.0 Å². The molecule has 1 aliphatic rings. The lowest BCUT2D eigenvalue weighted by Gasteiger charge is -2.47. The van der Waals surface area contributed by atoms with Crippen LogP contribution in [0.25, 0.3) is 0 Å². The lowest BCUT2D eigenvalue weighted by molar-refractivity contribution is 0.0599. The van der Waals surface area contributed by atoms with Crippen molar-refractivity contribution >= 4 is 11.7 Å². The van der Waals surface area contributed by atoms with Crippen LogP contribution in [0.3, 0.4) is 0 Å². The molecule has 3 atom stereocenters. The molecule has 4 nitrogen and oxygen atoms in total. The molecule has 30 heavy (non-hydrogen) atoms. The maximum absolute atomic E-state index is 14.4. The molecule has 1 fully saturated rings. The van der Waals surface area contributed by atoms with Crippen molar-refractivity contribution in [2.45, 2.75) is 65.2 Å². The van der Waals surface area contributed by atoms with Gasteiger partial charge in [-0.3, -0.25) is 4.90 Å². The van der Waals surface area contributed by atoms with Gasteiger partial charge in [-0.15, -0.1) is 0 Å². The highest BCUT2D eigenvalue weighted by molar-refractivity contribution is 5.92. The minimum absolute atomic E-state index is 0.290. The number of ether oxygens (including phenoxy) is 1. The van der Waals surface area contributed by atoms with Crippen molar-refractivity contribution in [3.8, 4) is 0 Å². The topological polar surface area (TPSA) is 32.8 Å². The molecule has 0 N–H and O–H groups in total. The predicted molar refractivity (Wildman–Crippen MR) is 119 cm³/mol. The zero-order chi connectivity index (χ0) is 21.8. The summed E-state index contributed by atoms with van der Waals surface area (Å²) in [6.45, 7) is 10.2. The van der Waals surface area contributed by atoms with Crippen molar-refractivity contribution in [2.75, 3.05) is 18.6 Å². The molecule has 2 aromatic carbocycles. The van der Waals surface area contributed by atoms with Crippen molar-refractivity contribution in [2.24, 2.45) is 0 Å². The highest BCUT2D eigenvalue weighted by Gasteiger charge is 2.34. The van der Waals surface area contributed by atoms with E-state index in [-0.39, 0.29) is 6.04 Å². The van der Waals surface area contributed by atoms with E-state index < -0.39 is 11.8 Å². The average molecular weight is 413 g/mol. The van der Waals surface area contributed by atoms with Gasteiger partial charge in [-0.2, -0.15) is 0 Å². The summed E-state index contributed by atoms with van der Waals surface area (Å²) < 4.78 is 19.2. The summed E-state index contributed by atoms with van der Waals surface area (Å²) in [7, 11) is 1.33. The van der Waals surface area contributed by atoms with Crippen molar-refractivity contribution < 1.29 is 13.9 Å². The number of methoxy groups -OCH3 is 1. The van der Waals surface area contributed by atoms with E-state index in [2.05, 4.69) is 54.8 Å². The Morgan fingerprint density at radius 2 is 1.80 bits per heavy atom. The fraction of sp³-hybridized carbons (Fsp3) is 0.480. The molecule has 5 heteroatoms. The quantitative estimate of drug-likeness (QED) is 0.612. The summed E-state index contributed by atoms with van der Waals surface area (Å²) in [5, 5.41) is 0. The summed E-state index contributed by atoms with van der Waals surface area (Å²) in [4.78, 5) is 16.9. The van der Waals surface area contributed by atoms with Crippen LogP contribution in [0.1, 0.15) is 55.1 Å². The second kappa shape index (κ2) is 9.61. The van der Waals surface area contributed by atoms with Crippen LogP contribution in [-0.2, 0) is 11.3 Å². The molecule has 1 saturated heterocycles. The summed E-state index contributed by atoms with van der Waals surface area (Å²) in [6.07, 6.45) is 1.99. The van der Waals surface area contributed by atoms with E-state index in [0.29, 0.717) is 17.6 Å². The fourth-order valence-electron chi connectivity index (χ4n) is 4.86. The summed E-state index contributed by atoms with van der Waals surface area (Å²) in [6, 6.07) is 14.5. The number of carbonyl (C=O) groups is 1. The third-order valence-electron chi connectivity index (χ3n) is 6.41. The molecule has 3 rings (SSSR count). The monoisotopic (exact) mass is 412 g/mol. The van der Waals surface area contributed by atoms with E-state index in [9.17, 15) is 9.18 Å². The molecule has 0 amide bonds. The molecule has 0 aromatic heterocycles. The number of piperidine rings is 1. The smallest absolute Gasteiger partial charge is 0.338 e. The molecule has 0 saturated carbocycles. The molecule has 0 radical (unpaired) electrons. The summed E-state index contributed by atoms with van der Waals surface area (Å²) in [5.41, 5.74) is 3.19. The van der Waals surface area contributed by atoms with E-state index >= 15 is 0 Å². The Hall–Kier alpha value is -2.40. The normalized spacial score (nSPS) is 22.0. The number of anilines is 1. The molecular formula is C25H33FN2O2. The Morgan fingerprint density at radius 1 is 1.17 bits per heavy atom. The van der Waals surface area contributed by atoms with Gasteiger partial charge in [0.1, 0.15) is 5.82 Å². The minimum atomic E-state index is -0.497. The van der Waals surface area contributed by atoms with Gasteiger partial charge in [-0.05, 0) is 63.8 Å². The zero-order valence-electron chi connectivity index (χ0n) is 18.7. The molecule has 162 valence electrons. The van der Waals surface area contributed by atoms with Crippen LogP contribution in [0.15, 0.2) is 42.5 Å². The zero-order valence-corrected chi connectivity index (χ0v) is 18.7. The first kappa shape index (κ1) is 22.3.